The number of rotatable bonds is 5. The summed E-state index contributed by atoms with van der Waals surface area (Å²) in [6, 6.07) is 27.5. The van der Waals surface area contributed by atoms with Gasteiger partial charge in [0.05, 0.1) is 12.0 Å². The zero-order chi connectivity index (χ0) is 20.9. The van der Waals surface area contributed by atoms with E-state index >= 15 is 0 Å². The number of hydrogen-bond donors (Lipinski definition) is 1. The SMILES string of the molecule is c1ccc(N=N/C(=N/c2nc(Nc3ccc4ccccc4c3)cs2)c2ccco2)cc1. The number of nitrogens with zero attached hydrogens (tertiary/aromatic N) is 4. The third-order valence-electron chi connectivity index (χ3n) is 4.47. The molecule has 31 heavy (non-hydrogen) atoms. The van der Waals surface area contributed by atoms with Crippen molar-refractivity contribution in [3.8, 4) is 0 Å². The highest BCUT2D eigenvalue weighted by atomic mass is 32.1. The molecule has 5 rings (SSSR count). The number of furan rings is 1. The largest absolute Gasteiger partial charge is 0.461 e. The number of hydrogen-bond acceptors (Lipinski definition) is 6. The van der Waals surface area contributed by atoms with Gasteiger partial charge in [-0.2, -0.15) is 4.99 Å². The topological polar surface area (TPSA) is 75.1 Å². The van der Waals surface area contributed by atoms with Gasteiger partial charge in [-0.05, 0) is 47.2 Å². The van der Waals surface area contributed by atoms with E-state index in [0.717, 1.165) is 17.2 Å². The second kappa shape index (κ2) is 8.73. The first-order valence-corrected chi connectivity index (χ1v) is 10.5. The molecule has 0 saturated heterocycles. The van der Waals surface area contributed by atoms with Crippen LogP contribution in [0.1, 0.15) is 5.76 Å². The van der Waals surface area contributed by atoms with Gasteiger partial charge in [0, 0.05) is 11.1 Å². The molecule has 0 radical (unpaired) electrons. The van der Waals surface area contributed by atoms with E-state index in [1.807, 2.05) is 53.9 Å². The molecule has 0 bridgehead atoms. The van der Waals surface area contributed by atoms with Gasteiger partial charge >= 0.3 is 0 Å². The summed E-state index contributed by atoms with van der Waals surface area (Å²) in [7, 11) is 0. The summed E-state index contributed by atoms with van der Waals surface area (Å²) in [5, 5.41) is 16.7. The summed E-state index contributed by atoms with van der Waals surface area (Å²) in [4.78, 5) is 9.13. The Hall–Kier alpha value is -4.10. The van der Waals surface area contributed by atoms with Crippen molar-refractivity contribution in [3.63, 3.8) is 0 Å². The number of nitrogens with one attached hydrogen (secondary N) is 1. The number of thiazole rings is 1. The molecule has 7 heteroatoms. The lowest BCUT2D eigenvalue weighted by Gasteiger charge is -2.04. The summed E-state index contributed by atoms with van der Waals surface area (Å²) in [6.45, 7) is 0. The number of anilines is 2. The molecule has 0 aliphatic carbocycles. The molecule has 0 aliphatic rings. The highest BCUT2D eigenvalue weighted by Gasteiger charge is 2.09. The zero-order valence-corrected chi connectivity index (χ0v) is 17.2. The molecule has 0 spiro atoms. The van der Waals surface area contributed by atoms with Crippen molar-refractivity contribution in [3.05, 3.63) is 102 Å². The maximum absolute atomic E-state index is 5.48. The molecule has 3 aromatic carbocycles. The monoisotopic (exact) mass is 423 g/mol. The number of amidine groups is 1. The van der Waals surface area contributed by atoms with Crippen molar-refractivity contribution in [2.45, 2.75) is 0 Å². The van der Waals surface area contributed by atoms with Gasteiger partial charge in [0.15, 0.2) is 5.76 Å². The predicted octanol–water partition coefficient (Wildman–Crippen LogP) is 7.50. The first kappa shape index (κ1) is 18.9. The van der Waals surface area contributed by atoms with E-state index < -0.39 is 0 Å². The van der Waals surface area contributed by atoms with Crippen molar-refractivity contribution in [2.24, 2.45) is 15.2 Å². The van der Waals surface area contributed by atoms with Gasteiger partial charge in [-0.25, -0.2) is 4.98 Å². The highest BCUT2D eigenvalue weighted by Crippen LogP contribution is 2.27. The average Bonchev–Trinajstić information content (AvgIpc) is 3.50. The van der Waals surface area contributed by atoms with Crippen molar-refractivity contribution >= 4 is 50.3 Å². The summed E-state index contributed by atoms with van der Waals surface area (Å²) >= 11 is 1.42. The lowest BCUT2D eigenvalue weighted by molar-refractivity contribution is 0.556. The van der Waals surface area contributed by atoms with Crippen molar-refractivity contribution in [1.29, 1.82) is 0 Å². The Labute approximate surface area is 182 Å². The lowest BCUT2D eigenvalue weighted by Crippen LogP contribution is -1.93. The molecule has 2 aromatic heterocycles. The van der Waals surface area contributed by atoms with Gasteiger partial charge in [-0.3, -0.25) is 0 Å². The van der Waals surface area contributed by atoms with E-state index in [1.54, 1.807) is 18.4 Å². The lowest BCUT2D eigenvalue weighted by atomic mass is 10.1. The molecule has 0 aliphatic heterocycles. The Kier molecular flexibility index (Phi) is 5.32. The van der Waals surface area contributed by atoms with Gasteiger partial charge in [0.2, 0.25) is 11.0 Å². The Bertz CT molecular complexity index is 1360. The second-order valence-electron chi connectivity index (χ2n) is 6.65. The molecule has 5 aromatic rings. The number of aromatic nitrogens is 1. The molecule has 0 saturated carbocycles. The van der Waals surface area contributed by atoms with Crippen LogP contribution >= 0.6 is 11.3 Å². The molecule has 1 N–H and O–H groups in total. The van der Waals surface area contributed by atoms with Gasteiger partial charge in [-0.15, -0.1) is 21.6 Å². The molecule has 0 atom stereocenters. The Morgan fingerprint density at radius 2 is 1.71 bits per heavy atom. The van der Waals surface area contributed by atoms with Crippen LogP contribution < -0.4 is 5.32 Å². The Balaban J connectivity index is 1.40. The molecular weight excluding hydrogens is 406 g/mol. The fourth-order valence-electron chi connectivity index (χ4n) is 3.01. The van der Waals surface area contributed by atoms with Gasteiger partial charge in [-0.1, -0.05) is 48.5 Å². The first-order chi connectivity index (χ1) is 15.3. The van der Waals surface area contributed by atoms with Crippen LogP contribution in [-0.2, 0) is 0 Å². The van der Waals surface area contributed by atoms with Gasteiger partial charge in [0.25, 0.3) is 0 Å². The third kappa shape index (κ3) is 4.57. The van der Waals surface area contributed by atoms with E-state index in [1.165, 1.54) is 22.1 Å². The predicted molar refractivity (Wildman–Crippen MR) is 125 cm³/mol. The van der Waals surface area contributed by atoms with Crippen molar-refractivity contribution < 1.29 is 4.42 Å². The van der Waals surface area contributed by atoms with Crippen LogP contribution in [0.5, 0.6) is 0 Å². The Morgan fingerprint density at radius 3 is 2.55 bits per heavy atom. The van der Waals surface area contributed by atoms with Crippen LogP contribution in [0.15, 0.2) is 116 Å². The summed E-state index contributed by atoms with van der Waals surface area (Å²) < 4.78 is 5.48. The number of azo groups is 1. The number of benzene rings is 3. The third-order valence-corrected chi connectivity index (χ3v) is 5.21. The van der Waals surface area contributed by atoms with E-state index in [9.17, 15) is 0 Å². The summed E-state index contributed by atoms with van der Waals surface area (Å²) in [5.41, 5.74) is 1.70. The molecule has 150 valence electrons. The van der Waals surface area contributed by atoms with Crippen LogP contribution in [0.4, 0.5) is 22.3 Å². The molecule has 0 amide bonds. The van der Waals surface area contributed by atoms with Crippen LogP contribution in [0.3, 0.4) is 0 Å². The fourth-order valence-corrected chi connectivity index (χ4v) is 3.63. The minimum Gasteiger partial charge on any atom is -0.461 e. The second-order valence-corrected chi connectivity index (χ2v) is 7.49. The fraction of sp³-hybridized carbons (Fsp3) is 0. The maximum atomic E-state index is 5.48. The molecule has 0 fully saturated rings. The molecule has 6 nitrogen and oxygen atoms in total. The van der Waals surface area contributed by atoms with Gasteiger partial charge in [0.1, 0.15) is 5.82 Å². The van der Waals surface area contributed by atoms with Crippen LogP contribution in [0.2, 0.25) is 0 Å². The quantitative estimate of drug-likeness (QED) is 0.181. The zero-order valence-electron chi connectivity index (χ0n) is 16.3. The van der Waals surface area contributed by atoms with E-state index in [0.29, 0.717) is 16.7 Å². The Morgan fingerprint density at radius 1 is 0.871 bits per heavy atom. The maximum Gasteiger partial charge on any atom is 0.220 e. The minimum absolute atomic E-state index is 0.362. The van der Waals surface area contributed by atoms with Gasteiger partial charge < -0.3 is 9.73 Å². The molecule has 2 heterocycles. The number of fused-ring (bicyclic) bond motifs is 1. The summed E-state index contributed by atoms with van der Waals surface area (Å²) in [6.07, 6.45) is 1.58. The van der Waals surface area contributed by atoms with E-state index in [2.05, 4.69) is 49.8 Å². The van der Waals surface area contributed by atoms with Crippen LogP contribution in [0, 0.1) is 0 Å². The molecule has 0 unspecified atom stereocenters. The van der Waals surface area contributed by atoms with Crippen LogP contribution in [0.25, 0.3) is 10.8 Å². The van der Waals surface area contributed by atoms with E-state index in [4.69, 9.17) is 4.42 Å². The van der Waals surface area contributed by atoms with Crippen molar-refractivity contribution in [2.75, 3.05) is 5.32 Å². The minimum atomic E-state index is 0.362. The normalized spacial score (nSPS) is 11.9. The highest BCUT2D eigenvalue weighted by molar-refractivity contribution is 7.13. The number of aliphatic imine (C=N–C) groups is 1. The van der Waals surface area contributed by atoms with Crippen molar-refractivity contribution in [1.82, 2.24) is 4.98 Å². The smallest absolute Gasteiger partial charge is 0.220 e. The van der Waals surface area contributed by atoms with E-state index in [-0.39, 0.29) is 0 Å². The average molecular weight is 424 g/mol. The van der Waals surface area contributed by atoms with Crippen LogP contribution in [-0.4, -0.2) is 10.8 Å². The summed E-state index contributed by atoms with van der Waals surface area (Å²) in [5.74, 6) is 1.61. The molecular formula is C24H17N5OS. The first-order valence-electron chi connectivity index (χ1n) is 9.64. The standard InChI is InChI=1S/C24H17N5OS/c1-2-9-19(10-3-1)28-29-23(21-11-6-14-30-21)27-24-26-22(16-31-24)25-20-13-12-17-7-4-5-8-18(17)15-20/h1-16,25H/b27-23+,29-28?.